The Morgan fingerprint density at radius 1 is 1.26 bits per heavy atom. The van der Waals surface area contributed by atoms with Gasteiger partial charge in [0.25, 0.3) is 11.8 Å². The van der Waals surface area contributed by atoms with Crippen molar-refractivity contribution in [2.45, 2.75) is 31.7 Å². The largest absolute Gasteiger partial charge is 0.354 e. The molecule has 6 heteroatoms. The van der Waals surface area contributed by atoms with Gasteiger partial charge in [0.1, 0.15) is 5.69 Å². The number of hydrogen-bond acceptors (Lipinski definition) is 4. The number of nitrogens with zero attached hydrogens (tertiary/aromatic N) is 2. The highest BCUT2D eigenvalue weighted by Crippen LogP contribution is 2.30. The Bertz CT molecular complexity index is 889. The molecule has 1 aliphatic rings. The third-order valence-corrected chi connectivity index (χ3v) is 4.85. The Balaban J connectivity index is 2.01. The summed E-state index contributed by atoms with van der Waals surface area (Å²) in [5, 5.41) is 14.8. The van der Waals surface area contributed by atoms with Crippen molar-refractivity contribution in [3.63, 3.8) is 0 Å². The molecule has 3 rings (SSSR count). The van der Waals surface area contributed by atoms with Gasteiger partial charge in [-0.1, -0.05) is 37.3 Å². The van der Waals surface area contributed by atoms with E-state index >= 15 is 0 Å². The van der Waals surface area contributed by atoms with E-state index in [9.17, 15) is 14.9 Å². The zero-order valence-electron chi connectivity index (χ0n) is 15.4. The highest BCUT2D eigenvalue weighted by molar-refractivity contribution is 5.98. The van der Waals surface area contributed by atoms with Crippen LogP contribution < -0.4 is 10.6 Å². The molecule has 1 aliphatic carbocycles. The molecule has 1 aromatic carbocycles. The molecular formula is C21H22N4O2. The van der Waals surface area contributed by atoms with Crippen LogP contribution in [0, 0.1) is 17.2 Å². The maximum absolute atomic E-state index is 12.6. The molecule has 0 aliphatic heterocycles. The molecule has 27 heavy (non-hydrogen) atoms. The molecule has 2 amide bonds. The van der Waals surface area contributed by atoms with Gasteiger partial charge in [0, 0.05) is 31.0 Å². The number of nitrogens with one attached hydrogen (secondary N) is 2. The summed E-state index contributed by atoms with van der Waals surface area (Å²) in [6.45, 7) is 2.08. The van der Waals surface area contributed by atoms with Crippen LogP contribution in [0.4, 0.5) is 0 Å². The van der Waals surface area contributed by atoms with Gasteiger partial charge in [0.15, 0.2) is 0 Å². The number of amides is 2. The monoisotopic (exact) mass is 362 g/mol. The van der Waals surface area contributed by atoms with Crippen molar-refractivity contribution in [3.8, 4) is 6.07 Å². The predicted molar refractivity (Wildman–Crippen MR) is 101 cm³/mol. The quantitative estimate of drug-likeness (QED) is 0.826. The Kier molecular flexibility index (Phi) is 5.51. The SMILES string of the molecule is CNC(=O)c1cc(C(=O)N[C@H]2C[C@@H]2C)cc([C@H](CC#N)c2ccccc2)n1. The van der Waals surface area contributed by atoms with E-state index in [1.54, 1.807) is 6.07 Å². The van der Waals surface area contributed by atoms with Gasteiger partial charge in [-0.2, -0.15) is 5.26 Å². The Morgan fingerprint density at radius 2 is 1.96 bits per heavy atom. The van der Waals surface area contributed by atoms with E-state index in [1.807, 2.05) is 30.3 Å². The van der Waals surface area contributed by atoms with E-state index in [2.05, 4.69) is 28.6 Å². The number of benzene rings is 1. The number of pyridine rings is 1. The van der Waals surface area contributed by atoms with E-state index in [4.69, 9.17) is 0 Å². The van der Waals surface area contributed by atoms with E-state index in [0.29, 0.717) is 17.2 Å². The van der Waals surface area contributed by atoms with Crippen molar-refractivity contribution in [3.05, 3.63) is 65.0 Å². The van der Waals surface area contributed by atoms with Crippen LogP contribution >= 0.6 is 0 Å². The summed E-state index contributed by atoms with van der Waals surface area (Å²) in [4.78, 5) is 29.3. The fourth-order valence-electron chi connectivity index (χ4n) is 3.05. The molecule has 138 valence electrons. The molecular weight excluding hydrogens is 340 g/mol. The number of carbonyl (C=O) groups excluding carboxylic acids is 2. The summed E-state index contributed by atoms with van der Waals surface area (Å²) in [5.41, 5.74) is 2.01. The zero-order chi connectivity index (χ0) is 19.4. The van der Waals surface area contributed by atoms with Gasteiger partial charge < -0.3 is 10.6 Å². The second kappa shape index (κ2) is 8.00. The van der Waals surface area contributed by atoms with Crippen LogP contribution in [0.5, 0.6) is 0 Å². The van der Waals surface area contributed by atoms with Crippen LogP contribution in [0.2, 0.25) is 0 Å². The molecule has 3 atom stereocenters. The third-order valence-electron chi connectivity index (χ3n) is 4.85. The first-order chi connectivity index (χ1) is 13.0. The first-order valence-electron chi connectivity index (χ1n) is 9.00. The maximum Gasteiger partial charge on any atom is 0.269 e. The molecule has 0 saturated heterocycles. The smallest absolute Gasteiger partial charge is 0.269 e. The first-order valence-corrected chi connectivity index (χ1v) is 9.00. The van der Waals surface area contributed by atoms with Crippen LogP contribution in [0.15, 0.2) is 42.5 Å². The molecule has 0 unspecified atom stereocenters. The summed E-state index contributed by atoms with van der Waals surface area (Å²) in [5.74, 6) is -0.423. The van der Waals surface area contributed by atoms with E-state index in [-0.39, 0.29) is 35.9 Å². The lowest BCUT2D eigenvalue weighted by atomic mass is 9.91. The Morgan fingerprint density at radius 3 is 2.56 bits per heavy atom. The number of nitriles is 1. The van der Waals surface area contributed by atoms with Crippen LogP contribution in [-0.2, 0) is 0 Å². The molecule has 2 aromatic rings. The number of hydrogen-bond donors (Lipinski definition) is 2. The molecule has 2 N–H and O–H groups in total. The molecule has 1 fully saturated rings. The number of carbonyl (C=O) groups is 2. The Hall–Kier alpha value is -3.20. The molecule has 0 bridgehead atoms. The molecule has 1 aromatic heterocycles. The third kappa shape index (κ3) is 4.32. The summed E-state index contributed by atoms with van der Waals surface area (Å²) in [7, 11) is 1.52. The fourth-order valence-corrected chi connectivity index (χ4v) is 3.05. The predicted octanol–water partition coefficient (Wildman–Crippen LogP) is 2.62. The fraction of sp³-hybridized carbons (Fsp3) is 0.333. The topological polar surface area (TPSA) is 94.9 Å². The van der Waals surface area contributed by atoms with Crippen LogP contribution in [-0.4, -0.2) is 29.9 Å². The summed E-state index contributed by atoms with van der Waals surface area (Å²) in [6.07, 6.45) is 1.17. The average Bonchev–Trinajstić information content (AvgIpc) is 3.39. The normalized spacial score (nSPS) is 18.9. The van der Waals surface area contributed by atoms with Crippen molar-refractivity contribution in [1.82, 2.24) is 15.6 Å². The number of rotatable bonds is 6. The van der Waals surface area contributed by atoms with Gasteiger partial charge in [-0.05, 0) is 30.0 Å². The van der Waals surface area contributed by atoms with Gasteiger partial charge in [-0.25, -0.2) is 4.98 Å². The van der Waals surface area contributed by atoms with Crippen molar-refractivity contribution >= 4 is 11.8 Å². The van der Waals surface area contributed by atoms with Gasteiger partial charge in [0.2, 0.25) is 0 Å². The maximum atomic E-state index is 12.6. The molecule has 1 saturated carbocycles. The van der Waals surface area contributed by atoms with Gasteiger partial charge in [-0.3, -0.25) is 9.59 Å². The lowest BCUT2D eigenvalue weighted by Crippen LogP contribution is -2.28. The summed E-state index contributed by atoms with van der Waals surface area (Å²) in [6, 6.07) is 15.1. The van der Waals surface area contributed by atoms with Crippen molar-refractivity contribution in [1.29, 1.82) is 5.26 Å². The standard InChI is InChI=1S/C21H22N4O2/c1-13-10-17(13)25-20(26)15-11-18(24-19(12-15)21(27)23-2)16(8-9-22)14-6-4-3-5-7-14/h3-7,11-13,16-17H,8,10H2,1-2H3,(H,23,27)(H,25,26)/t13-,16+,17-/m0/s1. The van der Waals surface area contributed by atoms with Crippen LogP contribution in [0.1, 0.15) is 57.8 Å². The van der Waals surface area contributed by atoms with Crippen LogP contribution in [0.25, 0.3) is 0 Å². The van der Waals surface area contributed by atoms with Crippen molar-refractivity contribution in [2.75, 3.05) is 7.05 Å². The molecule has 1 heterocycles. The van der Waals surface area contributed by atoms with Gasteiger partial charge >= 0.3 is 0 Å². The van der Waals surface area contributed by atoms with Crippen LogP contribution in [0.3, 0.4) is 0 Å². The first kappa shape index (κ1) is 18.6. The van der Waals surface area contributed by atoms with E-state index in [0.717, 1.165) is 12.0 Å². The highest BCUT2D eigenvalue weighted by atomic mass is 16.2. The van der Waals surface area contributed by atoms with Crippen molar-refractivity contribution in [2.24, 2.45) is 5.92 Å². The molecule has 0 radical (unpaired) electrons. The molecule has 0 spiro atoms. The minimum atomic E-state index is -0.366. The Labute approximate surface area is 158 Å². The van der Waals surface area contributed by atoms with E-state index in [1.165, 1.54) is 13.1 Å². The average molecular weight is 362 g/mol. The van der Waals surface area contributed by atoms with Gasteiger partial charge in [0.05, 0.1) is 11.8 Å². The second-order valence-corrected chi connectivity index (χ2v) is 6.86. The zero-order valence-corrected chi connectivity index (χ0v) is 15.4. The second-order valence-electron chi connectivity index (χ2n) is 6.86. The highest BCUT2D eigenvalue weighted by Gasteiger charge is 2.34. The minimum absolute atomic E-state index is 0.169. The lowest BCUT2D eigenvalue weighted by molar-refractivity contribution is 0.0949. The van der Waals surface area contributed by atoms with E-state index < -0.39 is 0 Å². The van der Waals surface area contributed by atoms with Crippen molar-refractivity contribution < 1.29 is 9.59 Å². The summed E-state index contributed by atoms with van der Waals surface area (Å²) < 4.78 is 0. The lowest BCUT2D eigenvalue weighted by Gasteiger charge is -2.16. The van der Waals surface area contributed by atoms with Gasteiger partial charge in [-0.15, -0.1) is 0 Å². The molecule has 6 nitrogen and oxygen atoms in total. The number of aromatic nitrogens is 1. The minimum Gasteiger partial charge on any atom is -0.354 e. The summed E-state index contributed by atoms with van der Waals surface area (Å²) >= 11 is 0.